The zero-order valence-corrected chi connectivity index (χ0v) is 14.5. The van der Waals surface area contributed by atoms with Crippen LogP contribution in [0.4, 0.5) is 23.2 Å². The van der Waals surface area contributed by atoms with Gasteiger partial charge in [0, 0.05) is 39.0 Å². The Labute approximate surface area is 150 Å². The summed E-state index contributed by atoms with van der Waals surface area (Å²) in [6.07, 6.45) is -5.97. The molecule has 0 spiro atoms. The first-order valence-electron chi connectivity index (χ1n) is 7.33. The Bertz CT molecular complexity index is 991. The fourth-order valence-corrected chi connectivity index (χ4v) is 2.53. The lowest BCUT2D eigenvalue weighted by atomic mass is 10.1. The topological polar surface area (TPSA) is 74.8 Å². The normalized spacial score (nSPS) is 11.9. The Hall–Kier alpha value is -2.79. The Morgan fingerprint density at radius 3 is 2.22 bits per heavy atom. The van der Waals surface area contributed by atoms with Crippen LogP contribution in [0.15, 0.2) is 32.8 Å². The van der Waals surface area contributed by atoms with Crippen LogP contribution in [0.3, 0.4) is 0 Å². The molecule has 146 valence electrons. The van der Waals surface area contributed by atoms with Crippen molar-refractivity contribution in [3.05, 3.63) is 56.1 Å². The predicted molar refractivity (Wildman–Crippen MR) is 88.2 cm³/mol. The summed E-state index contributed by atoms with van der Waals surface area (Å²) in [6, 6.07) is 2.11. The van der Waals surface area contributed by atoms with Crippen LogP contribution in [0.1, 0.15) is 17.5 Å². The van der Waals surface area contributed by atoms with E-state index in [0.717, 1.165) is 19.2 Å². The van der Waals surface area contributed by atoms with Crippen LogP contribution in [0.25, 0.3) is 5.69 Å². The minimum atomic E-state index is -4.93. The minimum absolute atomic E-state index is 0.0155. The number of hydrogen-bond acceptors (Lipinski definition) is 5. The van der Waals surface area contributed by atoms with Crippen LogP contribution >= 0.6 is 0 Å². The third-order valence-electron chi connectivity index (χ3n) is 3.80. The predicted octanol–water partition coefficient (Wildman–Crippen LogP) is 2.32. The molecule has 0 saturated heterocycles. The fraction of sp³-hybridized carbons (Fsp3) is 0.312. The van der Waals surface area contributed by atoms with Crippen LogP contribution in [-0.2, 0) is 22.7 Å². The first kappa shape index (κ1) is 20.5. The van der Waals surface area contributed by atoms with E-state index >= 15 is 0 Å². The number of rotatable bonds is 5. The van der Waals surface area contributed by atoms with Crippen LogP contribution in [0.2, 0.25) is 0 Å². The van der Waals surface area contributed by atoms with Gasteiger partial charge < -0.3 is 9.47 Å². The number of aliphatic imine (C=N–C) groups is 1. The van der Waals surface area contributed by atoms with Gasteiger partial charge in [0.05, 0.1) is 11.4 Å². The molecule has 0 N–H and O–H groups in total. The molecular weight excluding hydrogens is 374 g/mol. The van der Waals surface area contributed by atoms with Crippen molar-refractivity contribution >= 4 is 12.4 Å². The zero-order chi connectivity index (χ0) is 20.5. The number of benzene rings is 1. The number of hydrogen-bond donors (Lipinski definition) is 0. The molecule has 0 saturated carbocycles. The van der Waals surface area contributed by atoms with E-state index in [-0.39, 0.29) is 26.5 Å². The molecule has 2 rings (SSSR count). The van der Waals surface area contributed by atoms with E-state index in [9.17, 15) is 27.2 Å². The quantitative estimate of drug-likeness (QED) is 0.447. The second kappa shape index (κ2) is 7.45. The maximum atomic E-state index is 14.5. The molecule has 1 heterocycles. The first-order valence-corrected chi connectivity index (χ1v) is 7.33. The molecule has 27 heavy (non-hydrogen) atoms. The number of nitrogens with zero attached hydrogens (tertiary/aromatic N) is 3. The van der Waals surface area contributed by atoms with E-state index in [2.05, 4.69) is 11.7 Å². The van der Waals surface area contributed by atoms with Gasteiger partial charge in [-0.1, -0.05) is 0 Å². The Morgan fingerprint density at radius 1 is 1.15 bits per heavy atom. The van der Waals surface area contributed by atoms with E-state index in [1.54, 1.807) is 0 Å². The second-order valence-corrected chi connectivity index (χ2v) is 5.37. The van der Waals surface area contributed by atoms with Crippen LogP contribution < -0.4 is 11.2 Å². The lowest BCUT2D eigenvalue weighted by molar-refractivity contribution is -0.144. The third-order valence-corrected chi connectivity index (χ3v) is 3.80. The molecule has 7 nitrogen and oxygen atoms in total. The first-order chi connectivity index (χ1) is 12.6. The highest BCUT2D eigenvalue weighted by Gasteiger charge is 2.35. The van der Waals surface area contributed by atoms with Crippen molar-refractivity contribution in [2.75, 3.05) is 14.2 Å². The monoisotopic (exact) mass is 389 g/mol. The van der Waals surface area contributed by atoms with Gasteiger partial charge in [-0.15, -0.1) is 0 Å². The van der Waals surface area contributed by atoms with Gasteiger partial charge in [0.2, 0.25) is 0 Å². The van der Waals surface area contributed by atoms with Gasteiger partial charge >= 0.3 is 11.9 Å². The average Bonchev–Trinajstić information content (AvgIpc) is 2.60. The van der Waals surface area contributed by atoms with E-state index in [1.165, 1.54) is 14.2 Å². The lowest BCUT2D eigenvalue weighted by Gasteiger charge is -2.18. The Kier molecular flexibility index (Phi) is 5.66. The van der Waals surface area contributed by atoms with Crippen molar-refractivity contribution in [3.8, 4) is 5.69 Å². The molecule has 0 radical (unpaired) electrons. The average molecular weight is 389 g/mol. The van der Waals surface area contributed by atoms with Crippen molar-refractivity contribution in [3.63, 3.8) is 0 Å². The van der Waals surface area contributed by atoms with Crippen molar-refractivity contribution < 1.29 is 27.0 Å². The van der Waals surface area contributed by atoms with Crippen molar-refractivity contribution in [2.24, 2.45) is 12.0 Å². The van der Waals surface area contributed by atoms with E-state index in [4.69, 9.17) is 9.47 Å². The highest BCUT2D eigenvalue weighted by Crippen LogP contribution is 2.32. The van der Waals surface area contributed by atoms with Crippen LogP contribution in [0, 0.1) is 5.82 Å². The summed E-state index contributed by atoms with van der Waals surface area (Å²) in [7, 11) is 3.40. The highest BCUT2D eigenvalue weighted by molar-refractivity contribution is 5.57. The summed E-state index contributed by atoms with van der Waals surface area (Å²) < 4.78 is 63.9. The maximum absolute atomic E-state index is 14.5. The third kappa shape index (κ3) is 3.69. The van der Waals surface area contributed by atoms with Gasteiger partial charge in [-0.2, -0.15) is 13.2 Å². The number of ether oxygens (including phenoxy) is 2. The molecule has 0 amide bonds. The molecule has 0 unspecified atom stereocenters. The molecule has 0 atom stereocenters. The molecule has 0 bridgehead atoms. The van der Waals surface area contributed by atoms with Crippen LogP contribution in [0.5, 0.6) is 0 Å². The second-order valence-electron chi connectivity index (χ2n) is 5.37. The SMILES string of the molecule is C=Nc1cc(F)c(-n2c(=O)cc(C(F)(F)F)n(C)c2=O)cc1C(OC)OC. The summed E-state index contributed by atoms with van der Waals surface area (Å²) >= 11 is 0. The maximum Gasteiger partial charge on any atom is 0.431 e. The van der Waals surface area contributed by atoms with E-state index in [0.29, 0.717) is 0 Å². The summed E-state index contributed by atoms with van der Waals surface area (Å²) in [5.41, 5.74) is -4.60. The zero-order valence-electron chi connectivity index (χ0n) is 14.5. The van der Waals surface area contributed by atoms with Gasteiger partial charge in [-0.05, 0) is 12.8 Å². The van der Waals surface area contributed by atoms with E-state index < -0.39 is 40.9 Å². The van der Waals surface area contributed by atoms with Gasteiger partial charge in [-0.25, -0.2) is 13.8 Å². The van der Waals surface area contributed by atoms with Gasteiger partial charge in [0.15, 0.2) is 6.29 Å². The summed E-state index contributed by atoms with van der Waals surface area (Å²) in [5.74, 6) is -1.06. The van der Waals surface area contributed by atoms with Crippen LogP contribution in [-0.4, -0.2) is 30.1 Å². The van der Waals surface area contributed by atoms with Crippen molar-refractivity contribution in [1.82, 2.24) is 9.13 Å². The molecule has 11 heteroatoms. The fourth-order valence-electron chi connectivity index (χ4n) is 2.53. The summed E-state index contributed by atoms with van der Waals surface area (Å²) in [5, 5.41) is 0. The van der Waals surface area contributed by atoms with Gasteiger partial charge in [0.1, 0.15) is 11.5 Å². The molecular formula is C16H15F4N3O4. The molecule has 1 aromatic heterocycles. The minimum Gasteiger partial charge on any atom is -0.352 e. The van der Waals surface area contributed by atoms with E-state index in [1.807, 2.05) is 0 Å². The van der Waals surface area contributed by atoms with Crippen molar-refractivity contribution in [2.45, 2.75) is 12.5 Å². The molecule has 0 aliphatic rings. The largest absolute Gasteiger partial charge is 0.431 e. The molecule has 0 aliphatic heterocycles. The van der Waals surface area contributed by atoms with Crippen molar-refractivity contribution in [1.29, 1.82) is 0 Å². The molecule has 0 fully saturated rings. The number of halogens is 4. The summed E-state index contributed by atoms with van der Waals surface area (Å²) in [6.45, 7) is 3.29. The standard InChI is InChI=1S/C16H15F4N3O4/c1-21-10-6-9(17)11(5-8(10)14(26-3)27-4)23-13(24)7-12(16(18,19)20)22(2)15(23)25/h5-7,14H,1H2,2-4H3. The number of aromatic nitrogens is 2. The molecule has 2 aromatic rings. The number of alkyl halides is 3. The summed E-state index contributed by atoms with van der Waals surface area (Å²) in [4.78, 5) is 28.1. The number of methoxy groups -OCH3 is 2. The van der Waals surface area contributed by atoms with Gasteiger partial charge in [0.25, 0.3) is 5.56 Å². The Balaban J connectivity index is 2.85. The highest BCUT2D eigenvalue weighted by atomic mass is 19.4. The van der Waals surface area contributed by atoms with Gasteiger partial charge in [-0.3, -0.25) is 14.4 Å². The Morgan fingerprint density at radius 2 is 1.74 bits per heavy atom. The lowest BCUT2D eigenvalue weighted by Crippen LogP contribution is -2.41. The molecule has 0 aliphatic carbocycles. The molecule has 1 aromatic carbocycles. The smallest absolute Gasteiger partial charge is 0.352 e.